The number of amides is 2. The molecular formula is C20H30BrN5O9S. The highest BCUT2D eigenvalue weighted by Crippen LogP contribution is 2.36. The molecule has 0 aromatic heterocycles. The van der Waals surface area contributed by atoms with Crippen LogP contribution in [0.4, 0.5) is 17.1 Å². The summed E-state index contributed by atoms with van der Waals surface area (Å²) in [7, 11) is -3.29. The first-order valence-electron chi connectivity index (χ1n) is 11.1. The molecule has 1 aromatic carbocycles. The highest BCUT2D eigenvalue weighted by molar-refractivity contribution is 9.09. The van der Waals surface area contributed by atoms with E-state index >= 15 is 0 Å². The zero-order valence-electron chi connectivity index (χ0n) is 19.8. The fraction of sp³-hybridized carbons (Fsp3) is 0.600. The summed E-state index contributed by atoms with van der Waals surface area (Å²) in [6.07, 6.45) is 3.74. The van der Waals surface area contributed by atoms with Crippen molar-refractivity contribution in [1.82, 2.24) is 10.8 Å². The van der Waals surface area contributed by atoms with Crippen molar-refractivity contribution in [2.75, 3.05) is 41.9 Å². The number of carbonyl (C=O) groups excluding carboxylic acids is 2. The SMILES string of the molecule is CS(=O)(=O)CCCN(CCBr)c1c(C(=O)NCCCCCCC(=O)NO)cc([N+](=O)[O-])cc1[N+](=O)[O-]. The third kappa shape index (κ3) is 10.8. The first-order chi connectivity index (χ1) is 16.9. The zero-order chi connectivity index (χ0) is 27.3. The first kappa shape index (κ1) is 31.2. The fourth-order valence-corrected chi connectivity index (χ4v) is 4.51. The zero-order valence-corrected chi connectivity index (χ0v) is 22.2. The van der Waals surface area contributed by atoms with Gasteiger partial charge in [-0.2, -0.15) is 0 Å². The standard InChI is InChI=1S/C20H30BrN5O9S/c1-36(34,35)12-6-10-24(11-8-21)19-16(13-15(25(30)31)14-17(19)26(32)33)20(28)22-9-5-3-2-4-7-18(27)23-29/h13-14,29H,2-12H2,1H3,(H,22,28)(H,23,27). The number of hydroxylamine groups is 1. The maximum atomic E-state index is 13.0. The maximum Gasteiger partial charge on any atom is 0.300 e. The molecule has 202 valence electrons. The number of alkyl halides is 1. The number of non-ortho nitro benzene ring substituents is 1. The van der Waals surface area contributed by atoms with Crippen LogP contribution in [0, 0.1) is 20.2 Å². The first-order valence-corrected chi connectivity index (χ1v) is 14.3. The van der Waals surface area contributed by atoms with Crippen LogP contribution in [0.2, 0.25) is 0 Å². The minimum atomic E-state index is -3.29. The molecule has 0 spiro atoms. The van der Waals surface area contributed by atoms with Crippen molar-refractivity contribution in [3.8, 4) is 0 Å². The molecule has 0 radical (unpaired) electrons. The monoisotopic (exact) mass is 595 g/mol. The van der Waals surface area contributed by atoms with Crippen LogP contribution in [0.15, 0.2) is 12.1 Å². The second-order valence-corrected chi connectivity index (χ2v) is 11.0. The van der Waals surface area contributed by atoms with Gasteiger partial charge in [0.25, 0.3) is 17.3 Å². The lowest BCUT2D eigenvalue weighted by molar-refractivity contribution is -0.393. The number of halogens is 1. The van der Waals surface area contributed by atoms with E-state index in [0.29, 0.717) is 31.0 Å². The van der Waals surface area contributed by atoms with Gasteiger partial charge in [0.2, 0.25) is 5.91 Å². The van der Waals surface area contributed by atoms with E-state index in [4.69, 9.17) is 5.21 Å². The van der Waals surface area contributed by atoms with Gasteiger partial charge in [0, 0.05) is 43.7 Å². The van der Waals surface area contributed by atoms with E-state index in [0.717, 1.165) is 18.4 Å². The molecule has 14 nitrogen and oxygen atoms in total. The number of unbranched alkanes of at least 4 members (excludes halogenated alkanes) is 3. The van der Waals surface area contributed by atoms with E-state index in [-0.39, 0.29) is 49.5 Å². The van der Waals surface area contributed by atoms with Crippen LogP contribution >= 0.6 is 15.9 Å². The largest absolute Gasteiger partial charge is 0.364 e. The Bertz CT molecular complexity index is 1050. The molecule has 0 unspecified atom stereocenters. The number of nitrogens with one attached hydrogen (secondary N) is 2. The van der Waals surface area contributed by atoms with Crippen molar-refractivity contribution in [3.63, 3.8) is 0 Å². The summed E-state index contributed by atoms with van der Waals surface area (Å²) < 4.78 is 23.1. The van der Waals surface area contributed by atoms with E-state index in [1.54, 1.807) is 0 Å². The number of sulfone groups is 1. The van der Waals surface area contributed by atoms with Crippen LogP contribution in [-0.2, 0) is 14.6 Å². The molecule has 2 amide bonds. The molecular weight excluding hydrogens is 566 g/mol. The molecule has 0 saturated carbocycles. The van der Waals surface area contributed by atoms with Gasteiger partial charge in [-0.3, -0.25) is 35.0 Å². The van der Waals surface area contributed by atoms with Crippen LogP contribution in [0.25, 0.3) is 0 Å². The van der Waals surface area contributed by atoms with Crippen LogP contribution in [-0.4, -0.2) is 72.3 Å². The normalized spacial score (nSPS) is 11.1. The van der Waals surface area contributed by atoms with Gasteiger partial charge >= 0.3 is 0 Å². The predicted molar refractivity (Wildman–Crippen MR) is 135 cm³/mol. The van der Waals surface area contributed by atoms with E-state index in [1.807, 2.05) is 0 Å². The minimum absolute atomic E-state index is 0.0685. The topological polar surface area (TPSA) is 202 Å². The van der Waals surface area contributed by atoms with Gasteiger partial charge in [-0.15, -0.1) is 0 Å². The Morgan fingerprint density at radius 1 is 1.06 bits per heavy atom. The number of carbonyl (C=O) groups is 2. The van der Waals surface area contributed by atoms with Crippen LogP contribution in [0.1, 0.15) is 48.9 Å². The summed E-state index contributed by atoms with van der Waals surface area (Å²) in [6.45, 7) is 0.441. The van der Waals surface area contributed by atoms with E-state index in [9.17, 15) is 38.2 Å². The van der Waals surface area contributed by atoms with Crippen molar-refractivity contribution in [3.05, 3.63) is 37.9 Å². The molecule has 36 heavy (non-hydrogen) atoms. The summed E-state index contributed by atoms with van der Waals surface area (Å²) in [4.78, 5) is 47.0. The second-order valence-electron chi connectivity index (χ2n) is 7.99. The summed E-state index contributed by atoms with van der Waals surface area (Å²) in [5.74, 6) is -1.40. The Balaban J connectivity index is 3.15. The molecule has 1 rings (SSSR count). The average Bonchev–Trinajstić information content (AvgIpc) is 2.80. The highest BCUT2D eigenvalue weighted by Gasteiger charge is 2.30. The number of anilines is 1. The van der Waals surface area contributed by atoms with Gasteiger partial charge in [-0.25, -0.2) is 13.9 Å². The van der Waals surface area contributed by atoms with Gasteiger partial charge < -0.3 is 10.2 Å². The quantitative estimate of drug-likeness (QED) is 0.0787. The Hall–Kier alpha value is -2.85. The number of nitro benzene ring substituents is 2. The number of hydrogen-bond donors (Lipinski definition) is 3. The predicted octanol–water partition coefficient (Wildman–Crippen LogP) is 2.32. The number of nitro groups is 2. The summed E-state index contributed by atoms with van der Waals surface area (Å²) in [5.41, 5.74) is -0.0793. The van der Waals surface area contributed by atoms with Crippen LogP contribution < -0.4 is 15.7 Å². The number of hydrogen-bond acceptors (Lipinski definition) is 10. The molecule has 0 aliphatic carbocycles. The molecule has 0 saturated heterocycles. The van der Waals surface area contributed by atoms with E-state index in [1.165, 1.54) is 10.4 Å². The lowest BCUT2D eigenvalue weighted by atomic mass is 10.1. The number of rotatable bonds is 17. The molecule has 0 heterocycles. The molecule has 0 aliphatic heterocycles. The second kappa shape index (κ2) is 15.3. The Morgan fingerprint density at radius 2 is 1.72 bits per heavy atom. The van der Waals surface area contributed by atoms with E-state index < -0.39 is 42.9 Å². The van der Waals surface area contributed by atoms with Crippen molar-refractivity contribution >= 4 is 54.6 Å². The smallest absolute Gasteiger partial charge is 0.300 e. The van der Waals surface area contributed by atoms with Gasteiger partial charge in [-0.1, -0.05) is 28.8 Å². The molecule has 0 fully saturated rings. The number of benzene rings is 1. The molecule has 16 heteroatoms. The fourth-order valence-electron chi connectivity index (χ4n) is 3.43. The van der Waals surface area contributed by atoms with Gasteiger partial charge in [0.1, 0.15) is 15.5 Å². The van der Waals surface area contributed by atoms with Crippen molar-refractivity contribution in [2.24, 2.45) is 0 Å². The summed E-state index contributed by atoms with van der Waals surface area (Å²) in [5, 5.41) is 34.6. The molecule has 1 aromatic rings. The average molecular weight is 596 g/mol. The Kier molecular flexibility index (Phi) is 13.3. The Morgan fingerprint density at radius 3 is 2.28 bits per heavy atom. The van der Waals surface area contributed by atoms with E-state index in [2.05, 4.69) is 21.2 Å². The van der Waals surface area contributed by atoms with Gasteiger partial charge in [0.15, 0.2) is 0 Å². The molecule has 0 atom stereocenters. The van der Waals surface area contributed by atoms with Crippen LogP contribution in [0.5, 0.6) is 0 Å². The van der Waals surface area contributed by atoms with Crippen molar-refractivity contribution in [2.45, 2.75) is 38.5 Å². The lowest BCUT2D eigenvalue weighted by Crippen LogP contribution is -2.33. The Labute approximate surface area is 216 Å². The van der Waals surface area contributed by atoms with Gasteiger partial charge in [-0.05, 0) is 19.3 Å². The molecule has 0 aliphatic rings. The number of nitrogens with zero attached hydrogens (tertiary/aromatic N) is 3. The lowest BCUT2D eigenvalue weighted by Gasteiger charge is -2.25. The minimum Gasteiger partial charge on any atom is -0.364 e. The van der Waals surface area contributed by atoms with Crippen molar-refractivity contribution in [1.29, 1.82) is 0 Å². The highest BCUT2D eigenvalue weighted by atomic mass is 79.9. The summed E-state index contributed by atoms with van der Waals surface area (Å²) in [6, 6.07) is 1.76. The molecule has 0 bridgehead atoms. The molecule has 3 N–H and O–H groups in total. The van der Waals surface area contributed by atoms with Gasteiger partial charge in [0.05, 0.1) is 27.2 Å². The summed E-state index contributed by atoms with van der Waals surface area (Å²) >= 11 is 3.25. The van der Waals surface area contributed by atoms with Crippen LogP contribution in [0.3, 0.4) is 0 Å². The maximum absolute atomic E-state index is 13.0. The third-order valence-electron chi connectivity index (χ3n) is 5.08. The van der Waals surface area contributed by atoms with Crippen molar-refractivity contribution < 1.29 is 33.1 Å². The third-order valence-corrected chi connectivity index (χ3v) is 6.47.